The molecule has 0 amide bonds. The molecule has 6 aromatic rings. The molecular formula is C38H48ClN10Os. The first-order valence-electron chi connectivity index (χ1n) is 16.4. The molecule has 6 heterocycles. The third-order valence-corrected chi connectivity index (χ3v) is 7.97. The van der Waals surface area contributed by atoms with Crippen molar-refractivity contribution in [2.75, 3.05) is 38.0 Å². The first-order chi connectivity index (χ1) is 24.1. The molecule has 6 aromatic heterocycles. The number of aromatic nitrogens is 8. The van der Waals surface area contributed by atoms with Gasteiger partial charge in [0.25, 0.3) is 0 Å². The van der Waals surface area contributed by atoms with Crippen LogP contribution in [-0.2, 0) is 17.6 Å². The summed E-state index contributed by atoms with van der Waals surface area (Å²) in [4.78, 5) is 20.8. The molecule has 0 aromatic carbocycles. The Hall–Kier alpha value is -4.45. The van der Waals surface area contributed by atoms with Crippen molar-refractivity contribution in [1.82, 2.24) is 39.5 Å². The second-order valence-electron chi connectivity index (χ2n) is 12.3. The molecule has 0 saturated carbocycles. The first kappa shape index (κ1) is 40.0. The first-order valence-corrected chi connectivity index (χ1v) is 19.5. The van der Waals surface area contributed by atoms with E-state index in [0.717, 1.165) is 34.1 Å². The number of rotatable bonds is 9. The molecule has 0 N–H and O–H groups in total. The second-order valence-corrected chi connectivity index (χ2v) is 12.3. The van der Waals surface area contributed by atoms with E-state index < -0.39 is 0 Å². The zero-order valence-corrected chi connectivity index (χ0v) is 33.5. The fraction of sp³-hybridized carbons (Fsp3) is 0.316. The third-order valence-electron chi connectivity index (χ3n) is 7.97. The predicted octanol–water partition coefficient (Wildman–Crippen LogP) is 8.13. The van der Waals surface area contributed by atoms with Crippen molar-refractivity contribution in [3.05, 3.63) is 133 Å². The number of anilines is 2. The van der Waals surface area contributed by atoms with E-state index in [2.05, 4.69) is 77.9 Å². The molecule has 10 nitrogen and oxygen atoms in total. The Morgan fingerprint density at radius 3 is 1.44 bits per heavy atom. The van der Waals surface area contributed by atoms with E-state index >= 15 is 0 Å². The number of aryl methyl sites for hydroxylation is 2. The van der Waals surface area contributed by atoms with Gasteiger partial charge in [-0.15, -0.1) is 0 Å². The molecule has 0 aliphatic heterocycles. The van der Waals surface area contributed by atoms with E-state index in [1.165, 1.54) is 41.6 Å². The minimum atomic E-state index is 0.561. The Labute approximate surface area is 311 Å². The van der Waals surface area contributed by atoms with Crippen LogP contribution in [-0.4, -0.2) is 67.7 Å². The molecule has 2 unspecified atom stereocenters. The molecule has 0 fully saturated rings. The predicted molar refractivity (Wildman–Crippen MR) is 201 cm³/mol. The van der Waals surface area contributed by atoms with Crippen LogP contribution in [0.25, 0.3) is 11.6 Å². The quantitative estimate of drug-likeness (QED) is 0.144. The van der Waals surface area contributed by atoms with Crippen molar-refractivity contribution >= 4 is 21.0 Å². The van der Waals surface area contributed by atoms with Gasteiger partial charge in [-0.2, -0.15) is 10.2 Å². The maximum absolute atomic E-state index is 4.67. The van der Waals surface area contributed by atoms with Gasteiger partial charge in [0.05, 0.1) is 12.4 Å². The van der Waals surface area contributed by atoms with Crippen LogP contribution in [0.2, 0.25) is 0 Å². The van der Waals surface area contributed by atoms with E-state index in [1.54, 1.807) is 21.8 Å². The van der Waals surface area contributed by atoms with Crippen molar-refractivity contribution < 1.29 is 17.6 Å². The molecule has 0 bridgehead atoms. The van der Waals surface area contributed by atoms with Gasteiger partial charge in [-0.05, 0) is 97.2 Å². The van der Waals surface area contributed by atoms with Crippen molar-refractivity contribution in [3.8, 4) is 11.6 Å². The maximum atomic E-state index is 4.67. The summed E-state index contributed by atoms with van der Waals surface area (Å²) in [7, 11) is 12.7. The van der Waals surface area contributed by atoms with Gasteiger partial charge in [-0.1, -0.05) is 13.8 Å². The van der Waals surface area contributed by atoms with Gasteiger partial charge >= 0.3 is 27.2 Å². The summed E-state index contributed by atoms with van der Waals surface area (Å²) < 4.78 is 3.56. The molecule has 6 rings (SSSR count). The molecule has 0 radical (unpaired) electrons. The number of pyridine rings is 4. The molecular weight excluding hydrogens is 822 g/mol. The number of nitrogens with zero attached hydrogens (tertiary/aromatic N) is 10. The molecule has 0 aliphatic rings. The topological polar surface area (TPSA) is 93.7 Å². The van der Waals surface area contributed by atoms with Gasteiger partial charge in [0, 0.05) is 101 Å². The molecule has 2 atom stereocenters. The molecule has 12 heteroatoms. The van der Waals surface area contributed by atoms with E-state index in [1.807, 2.05) is 126 Å². The van der Waals surface area contributed by atoms with Crippen LogP contribution in [0, 0.1) is 13.8 Å². The van der Waals surface area contributed by atoms with Crippen LogP contribution in [0.5, 0.6) is 0 Å². The average Bonchev–Trinajstić information content (AvgIpc) is 3.80. The van der Waals surface area contributed by atoms with E-state index in [9.17, 15) is 0 Å². The van der Waals surface area contributed by atoms with Crippen molar-refractivity contribution in [2.24, 2.45) is 0 Å². The van der Waals surface area contributed by atoms with E-state index in [4.69, 9.17) is 0 Å². The molecule has 0 aliphatic carbocycles. The Balaban J connectivity index is 0.000000199. The van der Waals surface area contributed by atoms with Gasteiger partial charge in [-0.25, -0.2) is 19.3 Å². The average molecular weight is 871 g/mol. The van der Waals surface area contributed by atoms with Gasteiger partial charge in [0.2, 0.25) is 0 Å². The summed E-state index contributed by atoms with van der Waals surface area (Å²) in [5.41, 5.74) is 7.27. The number of hydrogen-bond donors (Lipinski definition) is 0. The fourth-order valence-corrected chi connectivity index (χ4v) is 5.13. The normalized spacial score (nSPS) is 11.4. The summed E-state index contributed by atoms with van der Waals surface area (Å²) in [5.74, 6) is 2.85. The zero-order chi connectivity index (χ0) is 36.5. The molecule has 265 valence electrons. The van der Waals surface area contributed by atoms with E-state index in [-0.39, 0.29) is 0 Å². The Morgan fingerprint density at radius 2 is 1.08 bits per heavy atom. The summed E-state index contributed by atoms with van der Waals surface area (Å²) in [6.45, 7) is 8.57. The van der Waals surface area contributed by atoms with Crippen LogP contribution in [0.15, 0.2) is 110 Å². The van der Waals surface area contributed by atoms with Crippen molar-refractivity contribution in [2.45, 2.75) is 52.4 Å². The van der Waals surface area contributed by atoms with Gasteiger partial charge in [0.1, 0.15) is 0 Å². The summed E-state index contributed by atoms with van der Waals surface area (Å²) >= 11 is 1.33. The summed E-state index contributed by atoms with van der Waals surface area (Å²) in [6, 6.07) is 16.5. The van der Waals surface area contributed by atoms with Gasteiger partial charge in [0.15, 0.2) is 11.6 Å². The fourth-order valence-electron chi connectivity index (χ4n) is 5.13. The van der Waals surface area contributed by atoms with Crippen molar-refractivity contribution in [3.63, 3.8) is 0 Å². The van der Waals surface area contributed by atoms with E-state index in [0.29, 0.717) is 11.8 Å². The van der Waals surface area contributed by atoms with Crippen LogP contribution >= 0.6 is 9.64 Å². The minimum absolute atomic E-state index is 0.561. The molecule has 0 saturated heterocycles. The van der Waals surface area contributed by atoms with Crippen LogP contribution in [0.1, 0.15) is 60.8 Å². The standard InChI is InChI=1S/C16H20N2.2C11H14N4.ClH.Os/c1-3-14(16-6-10-18-11-7-16)12-13(2)15-4-8-17-9-5-15;2*1-9-7-13-15(8-9)11-6-10(14(2)3)4-5-12-11;;/h4-11,13-14H,3,12H2,1-2H3;2*4-8H,1-3H3;1H;/q;;;;+1/p-1. The number of halogens is 1. The molecule has 0 spiro atoms. The summed E-state index contributed by atoms with van der Waals surface area (Å²) in [6.07, 6.45) is 21.0. The van der Waals surface area contributed by atoms with Crippen molar-refractivity contribution in [1.29, 1.82) is 0 Å². The van der Waals surface area contributed by atoms with Gasteiger partial charge in [-0.3, -0.25) is 9.97 Å². The number of hydrogen-bond acceptors (Lipinski definition) is 8. The Bertz CT molecular complexity index is 1720. The Kier molecular flexibility index (Phi) is 16.7. The zero-order valence-electron chi connectivity index (χ0n) is 30.2. The van der Waals surface area contributed by atoms with Crippen LogP contribution in [0.4, 0.5) is 11.4 Å². The van der Waals surface area contributed by atoms with Crippen LogP contribution in [0.3, 0.4) is 0 Å². The third kappa shape index (κ3) is 12.5. The summed E-state index contributed by atoms with van der Waals surface area (Å²) in [5, 5.41) is 8.44. The molecule has 50 heavy (non-hydrogen) atoms. The van der Waals surface area contributed by atoms with Crippen LogP contribution < -0.4 is 9.80 Å². The second kappa shape index (κ2) is 20.9. The monoisotopic (exact) mass is 871 g/mol. The SMILES string of the molecule is CCC(CC(C)c1ccncc1)c1ccncc1.Cc1cnn(-c2cc(N(C)C)ccn2)c1.Cc1cnn(-c2cc(N(C)C)ccn2)c1.[Cl][Os]. The van der Waals surface area contributed by atoms with Gasteiger partial charge < -0.3 is 9.80 Å². The Morgan fingerprint density at radius 1 is 0.660 bits per heavy atom.